The Balaban J connectivity index is 1.87. The van der Waals surface area contributed by atoms with E-state index >= 15 is 0 Å². The van der Waals surface area contributed by atoms with E-state index in [0.29, 0.717) is 11.3 Å². The maximum absolute atomic E-state index is 11.9. The molecule has 2 aromatic carbocycles. The summed E-state index contributed by atoms with van der Waals surface area (Å²) >= 11 is 0. The Kier molecular flexibility index (Phi) is 4.93. The van der Waals surface area contributed by atoms with E-state index in [4.69, 9.17) is 10.5 Å². The molecule has 0 radical (unpaired) electrons. The van der Waals surface area contributed by atoms with Crippen LogP contribution in [0.3, 0.4) is 0 Å². The third-order valence-electron chi connectivity index (χ3n) is 2.71. The molecule has 5 nitrogen and oxygen atoms in total. The van der Waals surface area contributed by atoms with Gasteiger partial charge >= 0.3 is 0 Å². The second-order valence-corrected chi connectivity index (χ2v) is 4.52. The van der Waals surface area contributed by atoms with Gasteiger partial charge in [0.25, 0.3) is 5.91 Å². The first kappa shape index (κ1) is 14.6. The fourth-order valence-electron chi connectivity index (χ4n) is 1.68. The summed E-state index contributed by atoms with van der Waals surface area (Å²) in [6.45, 7) is 2.03. The van der Waals surface area contributed by atoms with Crippen molar-refractivity contribution in [3.63, 3.8) is 0 Å². The molecule has 0 aliphatic carbocycles. The molecule has 0 saturated heterocycles. The summed E-state index contributed by atoms with van der Waals surface area (Å²) < 4.78 is 5.42. The Bertz CT molecular complexity index is 639. The van der Waals surface area contributed by atoms with Crippen LogP contribution in [0.2, 0.25) is 0 Å². The van der Waals surface area contributed by atoms with Gasteiger partial charge in [0, 0.05) is 5.56 Å². The first-order valence-electron chi connectivity index (χ1n) is 6.52. The van der Waals surface area contributed by atoms with E-state index in [9.17, 15) is 4.79 Å². The summed E-state index contributed by atoms with van der Waals surface area (Å²) in [4.78, 5) is 11.9. The van der Waals surface area contributed by atoms with Crippen molar-refractivity contribution >= 4 is 11.7 Å². The highest BCUT2D eigenvalue weighted by Crippen LogP contribution is 2.07. The summed E-state index contributed by atoms with van der Waals surface area (Å²) in [5, 5.41) is 3.82. The van der Waals surface area contributed by atoms with Crippen molar-refractivity contribution < 1.29 is 9.53 Å². The lowest BCUT2D eigenvalue weighted by Crippen LogP contribution is -2.27. The Hall–Kier alpha value is -2.82. The lowest BCUT2D eigenvalue weighted by atomic mass is 10.1. The normalized spacial score (nSPS) is 11.0. The Morgan fingerprint density at radius 3 is 2.67 bits per heavy atom. The van der Waals surface area contributed by atoms with E-state index in [1.165, 1.54) is 0 Å². The van der Waals surface area contributed by atoms with Crippen LogP contribution in [0.1, 0.15) is 15.9 Å². The molecule has 0 saturated carbocycles. The Morgan fingerprint density at radius 2 is 1.95 bits per heavy atom. The summed E-state index contributed by atoms with van der Waals surface area (Å²) in [7, 11) is 0. The minimum atomic E-state index is -0.304. The second-order valence-electron chi connectivity index (χ2n) is 4.52. The molecule has 21 heavy (non-hydrogen) atoms. The van der Waals surface area contributed by atoms with Gasteiger partial charge in [-0.2, -0.15) is 5.10 Å². The molecular weight excluding hydrogens is 266 g/mol. The van der Waals surface area contributed by atoms with Gasteiger partial charge in [0.1, 0.15) is 12.4 Å². The molecular formula is C16H17N3O2. The van der Waals surface area contributed by atoms with Gasteiger partial charge in [-0.3, -0.25) is 4.79 Å². The molecule has 0 atom stereocenters. The quantitative estimate of drug-likeness (QED) is 0.501. The van der Waals surface area contributed by atoms with Gasteiger partial charge in [0.15, 0.2) is 5.84 Å². The number of carbonyl (C=O) groups excluding carboxylic acids is 1. The molecule has 3 N–H and O–H groups in total. The Morgan fingerprint density at radius 1 is 1.19 bits per heavy atom. The van der Waals surface area contributed by atoms with E-state index in [2.05, 4.69) is 10.5 Å². The van der Waals surface area contributed by atoms with Crippen LogP contribution in [-0.2, 0) is 0 Å². The van der Waals surface area contributed by atoms with Crippen LogP contribution < -0.4 is 15.9 Å². The molecule has 1 amide bonds. The summed E-state index contributed by atoms with van der Waals surface area (Å²) in [5.74, 6) is 0.585. The van der Waals surface area contributed by atoms with Gasteiger partial charge in [-0.25, -0.2) is 5.43 Å². The lowest BCUT2D eigenvalue weighted by molar-refractivity contribution is 0.0954. The van der Waals surface area contributed by atoms with E-state index in [0.717, 1.165) is 5.56 Å². The van der Waals surface area contributed by atoms with Gasteiger partial charge in [0.05, 0.1) is 0 Å². The minimum Gasteiger partial charge on any atom is -0.486 e. The molecule has 2 aromatic rings. The smallest absolute Gasteiger partial charge is 0.271 e. The number of aryl methyl sites for hydroxylation is 1. The molecule has 0 heterocycles. The van der Waals surface area contributed by atoms with Crippen LogP contribution in [0.5, 0.6) is 5.75 Å². The maximum atomic E-state index is 11.9. The van der Waals surface area contributed by atoms with Gasteiger partial charge in [-0.15, -0.1) is 0 Å². The zero-order valence-corrected chi connectivity index (χ0v) is 11.7. The number of hydrogen-bond donors (Lipinski definition) is 2. The van der Waals surface area contributed by atoms with Crippen molar-refractivity contribution in [3.05, 3.63) is 65.7 Å². The van der Waals surface area contributed by atoms with Crippen molar-refractivity contribution in [2.45, 2.75) is 6.92 Å². The van der Waals surface area contributed by atoms with Crippen LogP contribution in [0.15, 0.2) is 59.7 Å². The predicted molar refractivity (Wildman–Crippen MR) is 82.2 cm³/mol. The molecule has 108 valence electrons. The number of ether oxygens (including phenoxy) is 1. The third-order valence-corrected chi connectivity index (χ3v) is 2.71. The standard InChI is InChI=1S/C16H17N3O2/c1-12-6-5-7-13(10-12)16(20)19-18-15(17)11-21-14-8-3-2-4-9-14/h2-10H,11H2,1H3,(H2,17,18)(H,19,20). The lowest BCUT2D eigenvalue weighted by Gasteiger charge is -2.06. The SMILES string of the molecule is Cc1cccc(C(=O)N/N=C(\N)COc2ccccc2)c1. The van der Waals surface area contributed by atoms with Gasteiger partial charge in [-0.1, -0.05) is 35.9 Å². The van der Waals surface area contributed by atoms with E-state index < -0.39 is 0 Å². The van der Waals surface area contributed by atoms with Crippen molar-refractivity contribution in [2.75, 3.05) is 6.61 Å². The molecule has 0 fully saturated rings. The third kappa shape index (κ3) is 4.65. The molecule has 0 aliphatic rings. The fourth-order valence-corrected chi connectivity index (χ4v) is 1.68. The van der Waals surface area contributed by atoms with Gasteiger partial charge < -0.3 is 10.5 Å². The van der Waals surface area contributed by atoms with Crippen LogP contribution in [0.4, 0.5) is 0 Å². The van der Waals surface area contributed by atoms with Crippen molar-refractivity contribution in [3.8, 4) is 5.75 Å². The van der Waals surface area contributed by atoms with Crippen LogP contribution >= 0.6 is 0 Å². The molecule has 0 spiro atoms. The fraction of sp³-hybridized carbons (Fsp3) is 0.125. The second kappa shape index (κ2) is 7.09. The Labute approximate surface area is 123 Å². The van der Waals surface area contributed by atoms with Crippen molar-refractivity contribution in [1.82, 2.24) is 5.43 Å². The van der Waals surface area contributed by atoms with Crippen molar-refractivity contribution in [1.29, 1.82) is 0 Å². The average molecular weight is 283 g/mol. The number of para-hydroxylation sites is 1. The summed E-state index contributed by atoms with van der Waals surface area (Å²) in [6.07, 6.45) is 0. The number of hydrogen-bond acceptors (Lipinski definition) is 3. The molecule has 0 aromatic heterocycles. The number of hydrazone groups is 1. The summed E-state index contributed by atoms with van der Waals surface area (Å²) in [5.41, 5.74) is 9.64. The largest absolute Gasteiger partial charge is 0.486 e. The number of rotatable bonds is 5. The minimum absolute atomic E-state index is 0.109. The molecule has 0 bridgehead atoms. The average Bonchev–Trinajstić information content (AvgIpc) is 2.51. The van der Waals surface area contributed by atoms with Crippen LogP contribution in [0, 0.1) is 6.92 Å². The molecule has 0 aliphatic heterocycles. The van der Waals surface area contributed by atoms with Crippen LogP contribution in [-0.4, -0.2) is 18.3 Å². The number of amidine groups is 1. The number of nitrogens with two attached hydrogens (primary N) is 1. The zero-order chi connectivity index (χ0) is 15.1. The number of amides is 1. The molecule has 0 unspecified atom stereocenters. The molecule has 2 rings (SSSR count). The van der Waals surface area contributed by atoms with E-state index in [1.807, 2.05) is 49.4 Å². The van der Waals surface area contributed by atoms with Gasteiger partial charge in [-0.05, 0) is 31.2 Å². The van der Waals surface area contributed by atoms with Crippen LogP contribution in [0.25, 0.3) is 0 Å². The highest BCUT2D eigenvalue weighted by Gasteiger charge is 2.04. The number of nitrogens with one attached hydrogen (secondary N) is 1. The number of nitrogens with zero attached hydrogens (tertiary/aromatic N) is 1. The monoisotopic (exact) mass is 283 g/mol. The highest BCUT2D eigenvalue weighted by atomic mass is 16.5. The van der Waals surface area contributed by atoms with Crippen molar-refractivity contribution in [2.24, 2.45) is 10.8 Å². The first-order valence-corrected chi connectivity index (χ1v) is 6.52. The molecule has 5 heteroatoms. The number of benzene rings is 2. The van der Waals surface area contributed by atoms with Gasteiger partial charge in [0.2, 0.25) is 0 Å². The summed E-state index contributed by atoms with van der Waals surface area (Å²) in [6, 6.07) is 16.5. The highest BCUT2D eigenvalue weighted by molar-refractivity contribution is 5.95. The maximum Gasteiger partial charge on any atom is 0.271 e. The van der Waals surface area contributed by atoms with E-state index in [-0.39, 0.29) is 18.3 Å². The predicted octanol–water partition coefficient (Wildman–Crippen LogP) is 2.08. The first-order chi connectivity index (χ1) is 10.1. The topological polar surface area (TPSA) is 76.7 Å². The van der Waals surface area contributed by atoms with E-state index in [1.54, 1.807) is 12.1 Å². The zero-order valence-electron chi connectivity index (χ0n) is 11.7. The number of carbonyl (C=O) groups is 1.